The Morgan fingerprint density at radius 3 is 2.47 bits per heavy atom. The Morgan fingerprint density at radius 2 is 2.00 bits per heavy atom. The molecule has 5 heteroatoms. The van der Waals surface area contributed by atoms with Crippen LogP contribution in [0.4, 0.5) is 0 Å². The normalized spacial score (nSPS) is 11.6. The van der Waals surface area contributed by atoms with Crippen LogP contribution < -0.4 is 11.1 Å². The third kappa shape index (κ3) is 7.28. The van der Waals surface area contributed by atoms with Crippen LogP contribution in [0.1, 0.15) is 33.1 Å². The van der Waals surface area contributed by atoms with Crippen molar-refractivity contribution in [1.82, 2.24) is 10.2 Å². The van der Waals surface area contributed by atoms with Gasteiger partial charge in [-0.1, -0.05) is 26.1 Å². The Bertz CT molecular complexity index is 266. The van der Waals surface area contributed by atoms with E-state index in [4.69, 9.17) is 18.0 Å². The summed E-state index contributed by atoms with van der Waals surface area (Å²) in [6, 6.07) is 0. The second kappa shape index (κ2) is 7.61. The Balaban J connectivity index is 3.75. The van der Waals surface area contributed by atoms with Gasteiger partial charge in [-0.2, -0.15) is 0 Å². The Hall–Kier alpha value is -0.680. The second-order valence-corrected chi connectivity index (χ2v) is 5.52. The summed E-state index contributed by atoms with van der Waals surface area (Å²) in [6.45, 7) is 5.88. The van der Waals surface area contributed by atoms with Gasteiger partial charge in [0.2, 0.25) is 5.91 Å². The van der Waals surface area contributed by atoms with Crippen molar-refractivity contribution in [3.63, 3.8) is 0 Å². The highest BCUT2D eigenvalue weighted by Gasteiger charge is 2.20. The highest BCUT2D eigenvalue weighted by Crippen LogP contribution is 2.22. The summed E-state index contributed by atoms with van der Waals surface area (Å²) >= 11 is 5.02. The number of nitrogens with two attached hydrogens (primary N) is 1. The molecule has 0 aliphatic carbocycles. The number of carbonyl (C=O) groups excluding carboxylic acids is 1. The third-order valence-electron chi connectivity index (χ3n) is 3.01. The highest BCUT2D eigenvalue weighted by atomic mass is 32.1. The van der Waals surface area contributed by atoms with Gasteiger partial charge in [0.05, 0.1) is 4.99 Å². The standard InChI is InChI=1S/C12H25N3OS/c1-12(2,11(13)17)7-5-8-15(4)9-6-10(16)14-3/h5-9H2,1-4H3,(H2,13,17)(H,14,16). The zero-order chi connectivity index (χ0) is 13.5. The van der Waals surface area contributed by atoms with Crippen molar-refractivity contribution in [2.45, 2.75) is 33.1 Å². The van der Waals surface area contributed by atoms with Crippen LogP contribution in [0.5, 0.6) is 0 Å². The van der Waals surface area contributed by atoms with Crippen LogP contribution in [0.3, 0.4) is 0 Å². The molecule has 0 aromatic carbocycles. The van der Waals surface area contributed by atoms with Crippen molar-refractivity contribution in [2.75, 3.05) is 27.2 Å². The van der Waals surface area contributed by atoms with E-state index in [1.165, 1.54) is 0 Å². The molecule has 0 radical (unpaired) electrons. The quantitative estimate of drug-likeness (QED) is 0.642. The van der Waals surface area contributed by atoms with Crippen molar-refractivity contribution in [3.05, 3.63) is 0 Å². The van der Waals surface area contributed by atoms with Crippen LogP contribution in [0.15, 0.2) is 0 Å². The molecule has 0 spiro atoms. The van der Waals surface area contributed by atoms with Gasteiger partial charge < -0.3 is 16.0 Å². The zero-order valence-corrected chi connectivity index (χ0v) is 12.2. The summed E-state index contributed by atoms with van der Waals surface area (Å²) in [5.41, 5.74) is 5.60. The maximum absolute atomic E-state index is 11.1. The van der Waals surface area contributed by atoms with Gasteiger partial charge in [0, 0.05) is 25.4 Å². The van der Waals surface area contributed by atoms with Crippen LogP contribution in [0.2, 0.25) is 0 Å². The van der Waals surface area contributed by atoms with E-state index in [1.807, 2.05) is 7.05 Å². The summed E-state index contributed by atoms with van der Waals surface area (Å²) < 4.78 is 0. The van der Waals surface area contributed by atoms with Crippen molar-refractivity contribution in [1.29, 1.82) is 0 Å². The Labute approximate surface area is 110 Å². The predicted molar refractivity (Wildman–Crippen MR) is 76.0 cm³/mol. The molecule has 0 aliphatic heterocycles. The van der Waals surface area contributed by atoms with Crippen molar-refractivity contribution in [2.24, 2.45) is 11.1 Å². The topological polar surface area (TPSA) is 58.4 Å². The number of carbonyl (C=O) groups is 1. The molecule has 0 aromatic rings. The van der Waals surface area contributed by atoms with E-state index in [0.717, 1.165) is 25.9 Å². The fourth-order valence-corrected chi connectivity index (χ4v) is 1.55. The van der Waals surface area contributed by atoms with E-state index < -0.39 is 0 Å². The van der Waals surface area contributed by atoms with E-state index in [1.54, 1.807) is 7.05 Å². The van der Waals surface area contributed by atoms with Crippen LogP contribution in [0.25, 0.3) is 0 Å². The predicted octanol–water partition coefficient (Wildman–Crippen LogP) is 1.15. The minimum absolute atomic E-state index is 0.0725. The van der Waals surface area contributed by atoms with Crippen LogP contribution in [-0.2, 0) is 4.79 Å². The van der Waals surface area contributed by atoms with Gasteiger partial charge in [-0.05, 0) is 26.4 Å². The molecule has 0 unspecified atom stereocenters. The van der Waals surface area contributed by atoms with Gasteiger partial charge in [0.1, 0.15) is 0 Å². The monoisotopic (exact) mass is 259 g/mol. The number of nitrogens with one attached hydrogen (secondary N) is 1. The maximum Gasteiger partial charge on any atom is 0.221 e. The largest absolute Gasteiger partial charge is 0.393 e. The molecule has 0 saturated carbocycles. The second-order valence-electron chi connectivity index (χ2n) is 5.08. The molecule has 0 aliphatic rings. The number of rotatable bonds is 8. The van der Waals surface area contributed by atoms with Crippen LogP contribution >= 0.6 is 12.2 Å². The number of hydrogen-bond acceptors (Lipinski definition) is 3. The molecule has 0 fully saturated rings. The summed E-state index contributed by atoms with van der Waals surface area (Å²) in [6.07, 6.45) is 2.56. The molecule has 0 rings (SSSR count). The first kappa shape index (κ1) is 16.3. The van der Waals surface area contributed by atoms with E-state index in [-0.39, 0.29) is 11.3 Å². The summed E-state index contributed by atoms with van der Waals surface area (Å²) in [5.74, 6) is 0.0836. The molecule has 1 amide bonds. The minimum atomic E-state index is -0.0725. The molecule has 17 heavy (non-hydrogen) atoms. The average Bonchev–Trinajstić information content (AvgIpc) is 2.25. The first-order chi connectivity index (χ1) is 7.79. The smallest absolute Gasteiger partial charge is 0.221 e. The lowest BCUT2D eigenvalue weighted by atomic mass is 9.88. The molecular formula is C12H25N3OS. The molecule has 100 valence electrons. The number of amides is 1. The van der Waals surface area contributed by atoms with Gasteiger partial charge >= 0.3 is 0 Å². The molecule has 0 saturated heterocycles. The Morgan fingerprint density at radius 1 is 1.41 bits per heavy atom. The lowest BCUT2D eigenvalue weighted by Crippen LogP contribution is -2.31. The van der Waals surface area contributed by atoms with Gasteiger partial charge in [-0.25, -0.2) is 0 Å². The van der Waals surface area contributed by atoms with Crippen molar-refractivity contribution < 1.29 is 4.79 Å². The number of thiocarbonyl (C=S) groups is 1. The van der Waals surface area contributed by atoms with E-state index in [9.17, 15) is 4.79 Å². The molecular weight excluding hydrogens is 234 g/mol. The first-order valence-electron chi connectivity index (χ1n) is 5.98. The number of nitrogens with zero attached hydrogens (tertiary/aromatic N) is 1. The fraction of sp³-hybridized carbons (Fsp3) is 0.833. The van der Waals surface area contributed by atoms with Crippen molar-refractivity contribution >= 4 is 23.1 Å². The lowest BCUT2D eigenvalue weighted by molar-refractivity contribution is -0.120. The van der Waals surface area contributed by atoms with Gasteiger partial charge in [-0.3, -0.25) is 4.79 Å². The molecule has 0 atom stereocenters. The van der Waals surface area contributed by atoms with Gasteiger partial charge in [0.25, 0.3) is 0 Å². The summed E-state index contributed by atoms with van der Waals surface area (Å²) in [7, 11) is 3.68. The van der Waals surface area contributed by atoms with E-state index in [0.29, 0.717) is 11.4 Å². The van der Waals surface area contributed by atoms with E-state index >= 15 is 0 Å². The molecule has 0 bridgehead atoms. The average molecular weight is 259 g/mol. The molecule has 0 heterocycles. The maximum atomic E-state index is 11.1. The first-order valence-corrected chi connectivity index (χ1v) is 6.39. The zero-order valence-electron chi connectivity index (χ0n) is 11.4. The van der Waals surface area contributed by atoms with E-state index in [2.05, 4.69) is 24.1 Å². The third-order valence-corrected chi connectivity index (χ3v) is 3.56. The Kier molecular flexibility index (Phi) is 7.30. The van der Waals surface area contributed by atoms with Gasteiger partial charge in [-0.15, -0.1) is 0 Å². The molecule has 4 nitrogen and oxygen atoms in total. The van der Waals surface area contributed by atoms with Gasteiger partial charge in [0.15, 0.2) is 0 Å². The van der Waals surface area contributed by atoms with Crippen LogP contribution in [-0.4, -0.2) is 43.0 Å². The lowest BCUT2D eigenvalue weighted by Gasteiger charge is -2.24. The fourth-order valence-electron chi connectivity index (χ4n) is 1.44. The summed E-state index contributed by atoms with van der Waals surface area (Å²) in [5, 5.41) is 2.62. The minimum Gasteiger partial charge on any atom is -0.393 e. The van der Waals surface area contributed by atoms with Crippen LogP contribution in [0, 0.1) is 5.41 Å². The number of hydrogen-bond donors (Lipinski definition) is 2. The highest BCUT2D eigenvalue weighted by molar-refractivity contribution is 7.80. The SMILES string of the molecule is CNC(=O)CCN(C)CCCC(C)(C)C(N)=S. The summed E-state index contributed by atoms with van der Waals surface area (Å²) in [4.78, 5) is 13.8. The molecule has 3 N–H and O–H groups in total. The molecule has 0 aromatic heterocycles. The van der Waals surface area contributed by atoms with Crippen molar-refractivity contribution in [3.8, 4) is 0 Å².